The van der Waals surface area contributed by atoms with E-state index in [1.165, 1.54) is 4.57 Å². The molecule has 1 atom stereocenters. The molecule has 12 heteroatoms. The van der Waals surface area contributed by atoms with Crippen LogP contribution in [0.1, 0.15) is 51.0 Å². The number of carbonyl (C=O) groups excluding carboxylic acids is 4. The molecule has 3 aromatic rings. The van der Waals surface area contributed by atoms with Gasteiger partial charge in [0.2, 0.25) is 11.8 Å². The first-order valence-corrected chi connectivity index (χ1v) is 12.8. The number of hydrogen-bond acceptors (Lipinski definition) is 8. The molecule has 1 aliphatic rings. The van der Waals surface area contributed by atoms with Crippen LogP contribution in [0.2, 0.25) is 0 Å². The summed E-state index contributed by atoms with van der Waals surface area (Å²) in [5.74, 6) is -0.691. The highest BCUT2D eigenvalue weighted by Crippen LogP contribution is 2.23. The molecule has 1 aliphatic heterocycles. The molecule has 3 N–H and O–H groups in total. The third-order valence-electron chi connectivity index (χ3n) is 6.01. The van der Waals surface area contributed by atoms with Crippen LogP contribution in [0.4, 0.5) is 10.5 Å². The number of carbonyl (C=O) groups is 4. The number of rotatable bonds is 7. The third-order valence-corrected chi connectivity index (χ3v) is 6.01. The highest BCUT2D eigenvalue weighted by atomic mass is 16.6. The van der Waals surface area contributed by atoms with Crippen molar-refractivity contribution in [2.24, 2.45) is 0 Å². The molecule has 4 amide bonds. The second kappa shape index (κ2) is 11.6. The van der Waals surface area contributed by atoms with E-state index in [2.05, 4.69) is 20.9 Å². The number of hydrogen-bond donors (Lipinski definition) is 3. The Morgan fingerprint density at radius 2 is 1.88 bits per heavy atom. The summed E-state index contributed by atoms with van der Waals surface area (Å²) in [6.45, 7) is 6.83. The molecule has 0 radical (unpaired) electrons. The number of ether oxygens (including phenoxy) is 2. The molecule has 1 aromatic heterocycles. The van der Waals surface area contributed by atoms with Gasteiger partial charge in [-0.25, -0.2) is 9.78 Å². The maximum absolute atomic E-state index is 13.3. The fourth-order valence-corrected chi connectivity index (χ4v) is 4.29. The second-order valence-electron chi connectivity index (χ2n) is 10.3. The summed E-state index contributed by atoms with van der Waals surface area (Å²) in [6.07, 6.45) is -0.217. The maximum Gasteiger partial charge on any atom is 0.407 e. The summed E-state index contributed by atoms with van der Waals surface area (Å²) in [5.41, 5.74) is 0.296. The SMILES string of the molecule is Cc1nc2c(NC(=O)COc3cccc(CNC(=O)OC(C)(C)C)c3)cccc2c(=O)n1C1CCC(=O)NC1=O. The first kappa shape index (κ1) is 28.3. The lowest BCUT2D eigenvalue weighted by Crippen LogP contribution is -2.45. The summed E-state index contributed by atoms with van der Waals surface area (Å²) in [6, 6.07) is 10.9. The van der Waals surface area contributed by atoms with Gasteiger partial charge in [0.05, 0.1) is 11.1 Å². The minimum atomic E-state index is -0.844. The number of benzene rings is 2. The lowest BCUT2D eigenvalue weighted by molar-refractivity contribution is -0.135. The molecule has 1 saturated heterocycles. The molecule has 4 rings (SSSR count). The molecule has 12 nitrogen and oxygen atoms in total. The van der Waals surface area contributed by atoms with Crippen LogP contribution in [0.3, 0.4) is 0 Å². The van der Waals surface area contributed by atoms with Crippen LogP contribution in [-0.4, -0.2) is 45.6 Å². The standard InChI is InChI=1S/C28H31N5O7/c1-16-30-24-19(26(37)33(16)21-11-12-22(34)32-25(21)36)9-6-10-20(24)31-23(35)15-39-18-8-5-7-17(13-18)14-29-27(38)40-28(2,3)4/h5-10,13,21H,11-12,14-15H2,1-4H3,(H,29,38)(H,31,35)(H,32,34,36). The number of anilines is 1. The van der Waals surface area contributed by atoms with Gasteiger partial charge in [-0.15, -0.1) is 0 Å². The van der Waals surface area contributed by atoms with Crippen molar-refractivity contribution in [1.29, 1.82) is 0 Å². The van der Waals surface area contributed by atoms with Crippen LogP contribution in [0.15, 0.2) is 47.3 Å². The largest absolute Gasteiger partial charge is 0.484 e. The van der Waals surface area contributed by atoms with Crippen molar-refractivity contribution in [3.63, 3.8) is 0 Å². The molecular weight excluding hydrogens is 518 g/mol. The van der Waals surface area contributed by atoms with E-state index in [0.29, 0.717) is 11.4 Å². The van der Waals surface area contributed by atoms with Gasteiger partial charge in [-0.3, -0.25) is 29.1 Å². The highest BCUT2D eigenvalue weighted by molar-refractivity contribution is 6.01. The van der Waals surface area contributed by atoms with Gasteiger partial charge in [-0.1, -0.05) is 18.2 Å². The van der Waals surface area contributed by atoms with E-state index in [0.717, 1.165) is 5.56 Å². The van der Waals surface area contributed by atoms with Crippen LogP contribution in [0, 0.1) is 6.92 Å². The fourth-order valence-electron chi connectivity index (χ4n) is 4.29. The predicted octanol–water partition coefficient (Wildman–Crippen LogP) is 2.72. The van der Waals surface area contributed by atoms with Crippen molar-refractivity contribution in [3.05, 3.63) is 64.2 Å². The number of piperidine rings is 1. The monoisotopic (exact) mass is 549 g/mol. The molecule has 2 heterocycles. The van der Waals surface area contributed by atoms with E-state index < -0.39 is 35.1 Å². The Balaban J connectivity index is 1.43. The number of alkyl carbamates (subject to hydrolysis) is 1. The van der Waals surface area contributed by atoms with Gasteiger partial charge < -0.3 is 20.1 Å². The molecular formula is C28H31N5O7. The van der Waals surface area contributed by atoms with E-state index in [4.69, 9.17) is 9.47 Å². The molecule has 0 bridgehead atoms. The lowest BCUT2D eigenvalue weighted by atomic mass is 10.1. The van der Waals surface area contributed by atoms with Gasteiger partial charge >= 0.3 is 6.09 Å². The zero-order valence-corrected chi connectivity index (χ0v) is 22.7. The van der Waals surface area contributed by atoms with E-state index >= 15 is 0 Å². The minimum absolute atomic E-state index is 0.125. The van der Waals surface area contributed by atoms with Crippen LogP contribution >= 0.6 is 0 Å². The number of para-hydroxylation sites is 1. The van der Waals surface area contributed by atoms with Crippen LogP contribution in [0.5, 0.6) is 5.75 Å². The third kappa shape index (κ3) is 6.82. The van der Waals surface area contributed by atoms with Crippen LogP contribution in [0.25, 0.3) is 10.9 Å². The molecule has 0 saturated carbocycles. The maximum atomic E-state index is 13.3. The average molecular weight is 550 g/mol. The number of fused-ring (bicyclic) bond motifs is 1. The van der Waals surface area contributed by atoms with Gasteiger partial charge in [0.1, 0.15) is 28.7 Å². The first-order valence-electron chi connectivity index (χ1n) is 12.8. The van der Waals surface area contributed by atoms with Crippen LogP contribution in [-0.2, 0) is 25.7 Å². The summed E-state index contributed by atoms with van der Waals surface area (Å²) < 4.78 is 12.1. The van der Waals surface area contributed by atoms with Gasteiger partial charge in [0.15, 0.2) is 6.61 Å². The second-order valence-corrected chi connectivity index (χ2v) is 10.3. The molecule has 1 unspecified atom stereocenters. The Morgan fingerprint density at radius 3 is 2.60 bits per heavy atom. The number of nitrogens with one attached hydrogen (secondary N) is 3. The van der Waals surface area contributed by atoms with Gasteiger partial charge in [-0.05, 0) is 63.9 Å². The Bertz CT molecular complexity index is 1540. The number of aromatic nitrogens is 2. The fraction of sp³-hybridized carbons (Fsp3) is 0.357. The van der Waals surface area contributed by atoms with E-state index in [9.17, 15) is 24.0 Å². The van der Waals surface area contributed by atoms with Crippen molar-refractivity contribution in [3.8, 4) is 5.75 Å². The first-order chi connectivity index (χ1) is 18.9. The van der Waals surface area contributed by atoms with Gasteiger partial charge in [0, 0.05) is 13.0 Å². The highest BCUT2D eigenvalue weighted by Gasteiger charge is 2.30. The van der Waals surface area contributed by atoms with Crippen molar-refractivity contribution in [2.75, 3.05) is 11.9 Å². The summed E-state index contributed by atoms with van der Waals surface area (Å²) in [7, 11) is 0. The van der Waals surface area contributed by atoms with E-state index in [1.54, 1.807) is 70.2 Å². The lowest BCUT2D eigenvalue weighted by Gasteiger charge is -2.24. The van der Waals surface area contributed by atoms with Crippen molar-refractivity contribution in [1.82, 2.24) is 20.2 Å². The smallest absolute Gasteiger partial charge is 0.407 e. The molecule has 0 aliphatic carbocycles. The molecule has 2 aromatic carbocycles. The number of imide groups is 1. The normalized spacial score (nSPS) is 15.3. The summed E-state index contributed by atoms with van der Waals surface area (Å²) in [4.78, 5) is 66.3. The number of amides is 4. The number of nitrogens with zero attached hydrogens (tertiary/aromatic N) is 2. The molecule has 40 heavy (non-hydrogen) atoms. The number of aryl methyl sites for hydroxylation is 1. The van der Waals surface area contributed by atoms with Crippen molar-refractivity contribution >= 4 is 40.4 Å². The predicted molar refractivity (Wildman–Crippen MR) is 146 cm³/mol. The molecule has 0 spiro atoms. The summed E-state index contributed by atoms with van der Waals surface area (Å²) >= 11 is 0. The zero-order valence-electron chi connectivity index (χ0n) is 22.7. The zero-order chi connectivity index (χ0) is 29.0. The van der Waals surface area contributed by atoms with Crippen molar-refractivity contribution < 1.29 is 28.7 Å². The average Bonchev–Trinajstić information content (AvgIpc) is 2.87. The minimum Gasteiger partial charge on any atom is -0.484 e. The Labute approximate surface area is 230 Å². The molecule has 210 valence electrons. The van der Waals surface area contributed by atoms with E-state index in [-0.39, 0.29) is 48.6 Å². The Morgan fingerprint density at radius 1 is 1.12 bits per heavy atom. The summed E-state index contributed by atoms with van der Waals surface area (Å²) in [5, 5.41) is 7.88. The van der Waals surface area contributed by atoms with Crippen molar-refractivity contribution in [2.45, 2.75) is 58.7 Å². The topological polar surface area (TPSA) is 158 Å². The Kier molecular flexibility index (Phi) is 8.17. The van der Waals surface area contributed by atoms with E-state index in [1.807, 2.05) is 0 Å². The van der Waals surface area contributed by atoms with Crippen LogP contribution < -0.4 is 26.2 Å². The molecule has 1 fully saturated rings. The Hall–Kier alpha value is -4.74. The van der Waals surface area contributed by atoms with Gasteiger partial charge in [0.25, 0.3) is 11.5 Å². The quantitative estimate of drug-likeness (QED) is 0.380. The van der Waals surface area contributed by atoms with Gasteiger partial charge in [-0.2, -0.15) is 0 Å².